The molecule has 0 saturated carbocycles. The maximum atomic E-state index is 12.0. The fourth-order valence-corrected chi connectivity index (χ4v) is 1.82. The zero-order chi connectivity index (χ0) is 15.1. The number of aliphatic hydroxyl groups is 1. The molecule has 1 rings (SSSR count). The molecule has 20 heavy (non-hydrogen) atoms. The van der Waals surface area contributed by atoms with Gasteiger partial charge in [-0.3, -0.25) is 4.79 Å². The van der Waals surface area contributed by atoms with E-state index < -0.39 is 12.7 Å². The minimum atomic E-state index is -2.88. The first kappa shape index (κ1) is 16.4. The first-order valence-electron chi connectivity index (χ1n) is 6.39. The van der Waals surface area contributed by atoms with E-state index in [1.807, 2.05) is 6.92 Å². The fourth-order valence-electron chi connectivity index (χ4n) is 1.82. The van der Waals surface area contributed by atoms with Crippen LogP contribution in [0.5, 0.6) is 5.75 Å². The van der Waals surface area contributed by atoms with Crippen LogP contribution in [-0.2, 0) is 0 Å². The van der Waals surface area contributed by atoms with Crippen LogP contribution in [-0.4, -0.2) is 30.3 Å². The summed E-state index contributed by atoms with van der Waals surface area (Å²) >= 11 is 0. The summed E-state index contributed by atoms with van der Waals surface area (Å²) in [6.07, 6.45) is 0.189. The molecule has 1 amide bonds. The summed E-state index contributed by atoms with van der Waals surface area (Å²) < 4.78 is 28.1. The molecule has 0 heterocycles. The van der Waals surface area contributed by atoms with Crippen molar-refractivity contribution >= 4 is 5.91 Å². The molecular weight excluding hydrogens is 268 g/mol. The molecule has 0 saturated heterocycles. The van der Waals surface area contributed by atoms with Gasteiger partial charge in [-0.05, 0) is 43.5 Å². The number of nitrogens with one attached hydrogen (secondary N) is 1. The lowest BCUT2D eigenvalue weighted by molar-refractivity contribution is -0.0498. The molecular formula is C14H19F2NO3. The summed E-state index contributed by atoms with van der Waals surface area (Å²) in [5.41, 5.74) is 0.371. The first-order chi connectivity index (χ1) is 9.38. The normalized spacial score (nSPS) is 13.9. The van der Waals surface area contributed by atoms with Gasteiger partial charge < -0.3 is 15.2 Å². The van der Waals surface area contributed by atoms with E-state index in [4.69, 9.17) is 0 Å². The van der Waals surface area contributed by atoms with Crippen molar-refractivity contribution in [3.8, 4) is 5.75 Å². The van der Waals surface area contributed by atoms with Crippen LogP contribution in [0.2, 0.25) is 0 Å². The summed E-state index contributed by atoms with van der Waals surface area (Å²) in [4.78, 5) is 11.8. The average molecular weight is 287 g/mol. The highest BCUT2D eigenvalue weighted by atomic mass is 19.3. The molecule has 0 aromatic heterocycles. The van der Waals surface area contributed by atoms with Crippen LogP contribution in [0.15, 0.2) is 24.3 Å². The first-order valence-corrected chi connectivity index (χ1v) is 6.39. The summed E-state index contributed by atoms with van der Waals surface area (Å²) in [7, 11) is 0. The van der Waals surface area contributed by atoms with Crippen molar-refractivity contribution in [2.24, 2.45) is 5.92 Å². The van der Waals surface area contributed by atoms with Crippen LogP contribution < -0.4 is 10.1 Å². The van der Waals surface area contributed by atoms with Crippen LogP contribution >= 0.6 is 0 Å². The minimum Gasteiger partial charge on any atom is -0.435 e. The Hall–Kier alpha value is -1.69. The summed E-state index contributed by atoms with van der Waals surface area (Å²) in [5, 5.41) is 11.9. The SMILES string of the molecule is CC(O)CC(C)CNC(=O)c1ccc(OC(F)F)cc1. The lowest BCUT2D eigenvalue weighted by atomic mass is 10.0. The van der Waals surface area contributed by atoms with Crippen LogP contribution in [0.4, 0.5) is 8.78 Å². The van der Waals surface area contributed by atoms with Gasteiger partial charge in [-0.2, -0.15) is 8.78 Å². The van der Waals surface area contributed by atoms with Crippen LogP contribution in [0.1, 0.15) is 30.6 Å². The smallest absolute Gasteiger partial charge is 0.387 e. The second kappa shape index (κ2) is 7.79. The van der Waals surface area contributed by atoms with Gasteiger partial charge in [-0.1, -0.05) is 6.92 Å². The summed E-state index contributed by atoms with van der Waals surface area (Å²) in [6, 6.07) is 5.49. The van der Waals surface area contributed by atoms with Gasteiger partial charge in [0.25, 0.3) is 5.91 Å². The number of ether oxygens (including phenoxy) is 1. The Morgan fingerprint density at radius 2 is 1.90 bits per heavy atom. The summed E-state index contributed by atoms with van der Waals surface area (Å²) in [5.74, 6) is -0.120. The van der Waals surface area contributed by atoms with Gasteiger partial charge >= 0.3 is 6.61 Å². The van der Waals surface area contributed by atoms with Crippen LogP contribution in [0.25, 0.3) is 0 Å². The number of hydrogen-bond donors (Lipinski definition) is 2. The number of amides is 1. The van der Waals surface area contributed by atoms with Gasteiger partial charge in [0.15, 0.2) is 0 Å². The van der Waals surface area contributed by atoms with Gasteiger partial charge in [0.2, 0.25) is 0 Å². The molecule has 2 atom stereocenters. The Morgan fingerprint density at radius 3 is 2.40 bits per heavy atom. The van der Waals surface area contributed by atoms with E-state index in [9.17, 15) is 18.7 Å². The summed E-state index contributed by atoms with van der Waals surface area (Å²) in [6.45, 7) is 1.18. The fraction of sp³-hybridized carbons (Fsp3) is 0.500. The van der Waals surface area contributed by atoms with E-state index in [1.165, 1.54) is 24.3 Å². The number of carbonyl (C=O) groups excluding carboxylic acids is 1. The number of alkyl halides is 2. The van der Waals surface area contributed by atoms with Crippen molar-refractivity contribution < 1.29 is 23.4 Å². The molecule has 2 N–H and O–H groups in total. The van der Waals surface area contributed by atoms with Crippen molar-refractivity contribution in [1.29, 1.82) is 0 Å². The average Bonchev–Trinajstić information content (AvgIpc) is 2.35. The Morgan fingerprint density at radius 1 is 1.30 bits per heavy atom. The molecule has 6 heteroatoms. The van der Waals surface area contributed by atoms with Gasteiger partial charge in [0.1, 0.15) is 5.75 Å². The predicted octanol–water partition coefficient (Wildman–Crippen LogP) is 2.42. The minimum absolute atomic E-state index is 0.0130. The molecule has 0 aliphatic carbocycles. The van der Waals surface area contributed by atoms with E-state index >= 15 is 0 Å². The second-order valence-electron chi connectivity index (χ2n) is 4.80. The molecule has 0 fully saturated rings. The molecule has 0 radical (unpaired) electrons. The van der Waals surface area contributed by atoms with E-state index in [0.29, 0.717) is 18.5 Å². The lowest BCUT2D eigenvalue weighted by Crippen LogP contribution is -2.29. The van der Waals surface area contributed by atoms with Gasteiger partial charge in [-0.15, -0.1) is 0 Å². The Labute approximate surface area is 116 Å². The zero-order valence-electron chi connectivity index (χ0n) is 11.5. The third-order valence-corrected chi connectivity index (χ3v) is 2.70. The highest BCUT2D eigenvalue weighted by Crippen LogP contribution is 2.15. The van der Waals surface area contributed by atoms with Gasteiger partial charge in [0, 0.05) is 12.1 Å². The third kappa shape index (κ3) is 5.97. The molecule has 0 bridgehead atoms. The molecule has 0 aliphatic rings. The zero-order valence-corrected chi connectivity index (χ0v) is 11.5. The third-order valence-electron chi connectivity index (χ3n) is 2.70. The van der Waals surface area contributed by atoms with Crippen LogP contribution in [0.3, 0.4) is 0 Å². The Kier molecular flexibility index (Phi) is 6.38. The highest BCUT2D eigenvalue weighted by molar-refractivity contribution is 5.94. The van der Waals surface area contributed by atoms with E-state index in [2.05, 4.69) is 10.1 Å². The molecule has 1 aromatic rings. The molecule has 0 aliphatic heterocycles. The van der Waals surface area contributed by atoms with Crippen molar-refractivity contribution in [3.63, 3.8) is 0 Å². The van der Waals surface area contributed by atoms with Gasteiger partial charge in [0.05, 0.1) is 6.10 Å². The Bertz CT molecular complexity index is 421. The molecule has 4 nitrogen and oxygen atoms in total. The van der Waals surface area contributed by atoms with Crippen molar-refractivity contribution in [3.05, 3.63) is 29.8 Å². The number of hydrogen-bond acceptors (Lipinski definition) is 3. The largest absolute Gasteiger partial charge is 0.435 e. The van der Waals surface area contributed by atoms with Crippen molar-refractivity contribution in [1.82, 2.24) is 5.32 Å². The van der Waals surface area contributed by atoms with Crippen LogP contribution in [0, 0.1) is 5.92 Å². The number of carbonyl (C=O) groups is 1. The Balaban J connectivity index is 2.47. The van der Waals surface area contributed by atoms with E-state index in [1.54, 1.807) is 6.92 Å². The quantitative estimate of drug-likeness (QED) is 0.809. The van der Waals surface area contributed by atoms with E-state index in [0.717, 1.165) is 0 Å². The number of aliphatic hydroxyl groups excluding tert-OH is 1. The van der Waals surface area contributed by atoms with E-state index in [-0.39, 0.29) is 17.6 Å². The predicted molar refractivity (Wildman–Crippen MR) is 70.9 cm³/mol. The topological polar surface area (TPSA) is 58.6 Å². The molecule has 112 valence electrons. The highest BCUT2D eigenvalue weighted by Gasteiger charge is 2.10. The molecule has 2 unspecified atom stereocenters. The lowest BCUT2D eigenvalue weighted by Gasteiger charge is -2.14. The maximum absolute atomic E-state index is 12.0. The van der Waals surface area contributed by atoms with Gasteiger partial charge in [-0.25, -0.2) is 0 Å². The monoisotopic (exact) mass is 287 g/mol. The molecule has 0 spiro atoms. The number of rotatable bonds is 7. The standard InChI is InChI=1S/C14H19F2NO3/c1-9(7-10(2)18)8-17-13(19)11-3-5-12(6-4-11)20-14(15)16/h3-6,9-10,14,18H,7-8H2,1-2H3,(H,17,19). The number of benzene rings is 1. The van der Waals surface area contributed by atoms with Crippen molar-refractivity contribution in [2.75, 3.05) is 6.54 Å². The number of halogens is 2. The van der Waals surface area contributed by atoms with Crippen molar-refractivity contribution in [2.45, 2.75) is 33.0 Å². The molecule has 1 aromatic carbocycles. The second-order valence-corrected chi connectivity index (χ2v) is 4.80. The maximum Gasteiger partial charge on any atom is 0.387 e.